The molecule has 40 heavy (non-hydrogen) atoms. The first-order valence-corrected chi connectivity index (χ1v) is 14.2. The number of nitrogens with two attached hydrogens (primary N) is 1. The van der Waals surface area contributed by atoms with Crippen LogP contribution >= 0.6 is 0 Å². The summed E-state index contributed by atoms with van der Waals surface area (Å²) < 4.78 is 11.1. The van der Waals surface area contributed by atoms with E-state index in [2.05, 4.69) is 20.6 Å². The van der Waals surface area contributed by atoms with Crippen LogP contribution in [0.25, 0.3) is 0 Å². The van der Waals surface area contributed by atoms with Crippen LogP contribution < -0.4 is 21.1 Å². The molecule has 5 N–H and O–H groups in total. The Morgan fingerprint density at radius 1 is 1.20 bits per heavy atom. The van der Waals surface area contributed by atoms with Crippen molar-refractivity contribution in [2.75, 3.05) is 20.2 Å². The largest absolute Gasteiger partial charge is 0.497 e. The van der Waals surface area contributed by atoms with Crippen LogP contribution in [0.2, 0.25) is 0 Å². The van der Waals surface area contributed by atoms with Crippen LogP contribution in [-0.4, -0.2) is 70.8 Å². The number of hydrogen-bond donors (Lipinski definition) is 4. The lowest BCUT2D eigenvalue weighted by Crippen LogP contribution is -2.60. The smallest absolute Gasteiger partial charge is 0.405 e. The molecule has 1 aromatic heterocycles. The zero-order valence-electron chi connectivity index (χ0n) is 23.5. The molecule has 0 radical (unpaired) electrons. The van der Waals surface area contributed by atoms with E-state index in [0.29, 0.717) is 44.5 Å². The van der Waals surface area contributed by atoms with E-state index in [9.17, 15) is 14.4 Å². The highest BCUT2D eigenvalue weighted by Crippen LogP contribution is 2.43. The molecule has 4 rings (SSSR count). The Balaban J connectivity index is 1.46. The minimum atomic E-state index is -0.776. The van der Waals surface area contributed by atoms with Crippen molar-refractivity contribution in [3.05, 3.63) is 48.0 Å². The summed E-state index contributed by atoms with van der Waals surface area (Å²) in [7, 11) is 1.60. The molecule has 0 spiro atoms. The zero-order valence-corrected chi connectivity index (χ0v) is 23.5. The highest BCUT2D eigenvalue weighted by Gasteiger charge is 2.48. The van der Waals surface area contributed by atoms with Gasteiger partial charge in [0.05, 0.1) is 13.4 Å². The third-order valence-electron chi connectivity index (χ3n) is 8.32. The third-order valence-corrected chi connectivity index (χ3v) is 8.32. The molecule has 3 atom stereocenters. The molecule has 2 fully saturated rings. The van der Waals surface area contributed by atoms with E-state index < -0.39 is 23.8 Å². The van der Waals surface area contributed by atoms with Gasteiger partial charge in [-0.2, -0.15) is 0 Å². The molecule has 1 aliphatic carbocycles. The number of methoxy groups -OCH3 is 1. The Kier molecular flexibility index (Phi) is 9.89. The van der Waals surface area contributed by atoms with E-state index in [0.717, 1.165) is 36.9 Å². The number of primary amides is 1. The van der Waals surface area contributed by atoms with Crippen molar-refractivity contribution in [2.24, 2.45) is 11.7 Å². The molecule has 2 heterocycles. The molecule has 2 aromatic rings. The van der Waals surface area contributed by atoms with Crippen LogP contribution in [0.5, 0.6) is 5.75 Å². The molecule has 3 unspecified atom stereocenters. The van der Waals surface area contributed by atoms with Crippen LogP contribution in [0, 0.1) is 5.92 Å². The predicted octanol–water partition coefficient (Wildman–Crippen LogP) is 3.30. The van der Waals surface area contributed by atoms with Gasteiger partial charge in [0.15, 0.2) is 0 Å². The molecule has 4 amide bonds. The number of aromatic amines is 1. The molecule has 1 aliphatic heterocycles. The van der Waals surface area contributed by atoms with Crippen molar-refractivity contribution in [2.45, 2.75) is 82.4 Å². The van der Waals surface area contributed by atoms with E-state index in [1.807, 2.05) is 36.1 Å². The number of nitrogens with zero attached hydrogens (tertiary/aromatic N) is 2. The van der Waals surface area contributed by atoms with Crippen LogP contribution in [0.15, 0.2) is 36.8 Å². The first-order chi connectivity index (χ1) is 19.3. The molecule has 2 aliphatic rings. The second-order valence-corrected chi connectivity index (χ2v) is 11.0. The molecule has 1 saturated carbocycles. The number of amides is 4. The van der Waals surface area contributed by atoms with Crippen molar-refractivity contribution in [3.63, 3.8) is 0 Å². The summed E-state index contributed by atoms with van der Waals surface area (Å²) in [6.07, 6.45) is 9.91. The lowest BCUT2D eigenvalue weighted by Gasteiger charge is -2.49. The second-order valence-electron chi connectivity index (χ2n) is 11.0. The summed E-state index contributed by atoms with van der Waals surface area (Å²) in [5.74, 6) is 0.792. The average molecular weight is 555 g/mol. The van der Waals surface area contributed by atoms with Gasteiger partial charge in [0, 0.05) is 56.7 Å². The van der Waals surface area contributed by atoms with Crippen LogP contribution in [0.3, 0.4) is 0 Å². The van der Waals surface area contributed by atoms with E-state index in [-0.39, 0.29) is 17.9 Å². The fourth-order valence-corrected chi connectivity index (χ4v) is 6.28. The van der Waals surface area contributed by atoms with Crippen molar-refractivity contribution in [1.82, 2.24) is 25.5 Å². The molecule has 0 bridgehead atoms. The maximum Gasteiger partial charge on any atom is 0.405 e. The SMILES string of the molecule is COc1ccc(CC(NC(=O)NCCc2cnc[nH]2)C(=O)N2CCC(OC(N)=O)(C3CCCCC3)CC2C)cc1. The predicted molar refractivity (Wildman–Crippen MR) is 150 cm³/mol. The summed E-state index contributed by atoms with van der Waals surface area (Å²) in [6, 6.07) is 6.09. The summed E-state index contributed by atoms with van der Waals surface area (Å²) in [5, 5.41) is 5.75. The number of urea groups is 1. The quantitative estimate of drug-likeness (QED) is 0.354. The van der Waals surface area contributed by atoms with Gasteiger partial charge < -0.3 is 35.7 Å². The van der Waals surface area contributed by atoms with Crippen LogP contribution in [0.4, 0.5) is 9.59 Å². The lowest BCUT2D eigenvalue weighted by atomic mass is 9.70. The maximum atomic E-state index is 14.0. The number of rotatable bonds is 10. The number of ether oxygens (including phenoxy) is 2. The number of imidazole rings is 1. The highest BCUT2D eigenvalue weighted by molar-refractivity contribution is 5.87. The molecule has 218 valence electrons. The Morgan fingerprint density at radius 3 is 2.58 bits per heavy atom. The Morgan fingerprint density at radius 2 is 1.95 bits per heavy atom. The van der Waals surface area contributed by atoms with Gasteiger partial charge >= 0.3 is 12.1 Å². The van der Waals surface area contributed by atoms with Gasteiger partial charge in [0.2, 0.25) is 5.91 Å². The molecule has 1 saturated heterocycles. The number of hydrogen-bond acceptors (Lipinski definition) is 6. The highest BCUT2D eigenvalue weighted by atomic mass is 16.6. The summed E-state index contributed by atoms with van der Waals surface area (Å²) >= 11 is 0. The molecule has 11 heteroatoms. The molecule has 1 aromatic carbocycles. The Labute approximate surface area is 235 Å². The Hall–Kier alpha value is -3.76. The standard InChI is InChI=1S/C29H42N6O5/c1-20-17-29(40-27(30)37,22-6-4-3-5-7-22)13-15-35(20)26(36)25(16-21-8-10-24(39-2)11-9-21)34-28(38)32-14-12-23-18-31-19-33-23/h8-11,18-20,22,25H,3-7,12-17H2,1-2H3,(H2,30,37)(H,31,33)(H2,32,34,38). The average Bonchev–Trinajstić information content (AvgIpc) is 3.46. The number of piperidine rings is 1. The fraction of sp³-hybridized carbons (Fsp3) is 0.586. The van der Waals surface area contributed by atoms with Gasteiger partial charge in [-0.3, -0.25) is 4.79 Å². The van der Waals surface area contributed by atoms with Gasteiger partial charge in [0.25, 0.3) is 0 Å². The van der Waals surface area contributed by atoms with E-state index in [4.69, 9.17) is 15.2 Å². The monoisotopic (exact) mass is 554 g/mol. The van der Waals surface area contributed by atoms with Gasteiger partial charge in [0.1, 0.15) is 17.4 Å². The third kappa shape index (κ3) is 7.45. The Bertz CT molecular complexity index is 1120. The number of carbonyl (C=O) groups is 3. The number of aromatic nitrogens is 2. The fourth-order valence-electron chi connectivity index (χ4n) is 6.28. The van der Waals surface area contributed by atoms with Gasteiger partial charge in [-0.25, -0.2) is 14.6 Å². The number of nitrogens with one attached hydrogen (secondary N) is 3. The minimum absolute atomic E-state index is 0.164. The molecular formula is C29H42N6O5. The topological polar surface area (TPSA) is 152 Å². The van der Waals surface area contributed by atoms with E-state index in [1.165, 1.54) is 6.42 Å². The minimum Gasteiger partial charge on any atom is -0.497 e. The maximum absolute atomic E-state index is 14.0. The van der Waals surface area contributed by atoms with E-state index in [1.54, 1.807) is 19.6 Å². The summed E-state index contributed by atoms with van der Waals surface area (Å²) in [5.41, 5.74) is 6.67. The molecular weight excluding hydrogens is 512 g/mol. The van der Waals surface area contributed by atoms with Crippen molar-refractivity contribution < 1.29 is 23.9 Å². The first kappa shape index (κ1) is 29.2. The second kappa shape index (κ2) is 13.5. The first-order valence-electron chi connectivity index (χ1n) is 14.2. The summed E-state index contributed by atoms with van der Waals surface area (Å²) in [4.78, 5) is 47.6. The van der Waals surface area contributed by atoms with E-state index >= 15 is 0 Å². The molecule has 11 nitrogen and oxygen atoms in total. The van der Waals surface area contributed by atoms with Gasteiger partial charge in [-0.1, -0.05) is 31.4 Å². The van der Waals surface area contributed by atoms with Crippen molar-refractivity contribution >= 4 is 18.0 Å². The summed E-state index contributed by atoms with van der Waals surface area (Å²) in [6.45, 7) is 2.80. The van der Waals surface area contributed by atoms with Crippen LogP contribution in [0.1, 0.15) is 63.1 Å². The number of carbonyl (C=O) groups excluding carboxylic acids is 3. The van der Waals surface area contributed by atoms with Crippen LogP contribution in [-0.2, 0) is 22.4 Å². The zero-order chi connectivity index (χ0) is 28.5. The normalized spacial score (nSPS) is 22.2. The number of likely N-dealkylation sites (tertiary alicyclic amines) is 1. The van der Waals surface area contributed by atoms with Gasteiger partial charge in [-0.15, -0.1) is 0 Å². The number of H-pyrrole nitrogens is 1. The van der Waals surface area contributed by atoms with Crippen molar-refractivity contribution in [3.8, 4) is 5.75 Å². The lowest BCUT2D eigenvalue weighted by molar-refractivity contribution is -0.145. The van der Waals surface area contributed by atoms with Crippen molar-refractivity contribution in [1.29, 1.82) is 0 Å². The number of benzene rings is 1. The van der Waals surface area contributed by atoms with Gasteiger partial charge in [-0.05, 0) is 43.4 Å².